The Labute approximate surface area is 172 Å². The number of Topliss-reactive ketones (excluding diaryl/α,β-unsaturated/α-hetero) is 1. The molecule has 1 aromatic heterocycles. The number of hydrogen-bond acceptors (Lipinski definition) is 8. The van der Waals surface area contributed by atoms with Gasteiger partial charge in [0.1, 0.15) is 21.9 Å². The van der Waals surface area contributed by atoms with Crippen LogP contribution in [0.25, 0.3) is 0 Å². The first kappa shape index (κ1) is 22.0. The van der Waals surface area contributed by atoms with Crippen molar-refractivity contribution in [3.8, 4) is 0 Å². The van der Waals surface area contributed by atoms with Crippen molar-refractivity contribution in [3.05, 3.63) is 46.6 Å². The first-order valence-corrected chi connectivity index (χ1v) is 10.8. The molecule has 0 bridgehead atoms. The molecule has 2 aromatic rings. The molecule has 2 N–H and O–H groups in total. The molecule has 1 aromatic carbocycles. The van der Waals surface area contributed by atoms with Crippen LogP contribution in [0.4, 0.5) is 8.78 Å². The molecule has 0 amide bonds. The summed E-state index contributed by atoms with van der Waals surface area (Å²) >= 11 is 0. The Morgan fingerprint density at radius 3 is 2.47 bits per heavy atom. The van der Waals surface area contributed by atoms with E-state index in [1.165, 1.54) is 26.8 Å². The van der Waals surface area contributed by atoms with Gasteiger partial charge >= 0.3 is 0 Å². The number of nitrogens with two attached hydrogens (primary N) is 1. The Bertz CT molecular complexity index is 1160. The predicted octanol–water partition coefficient (Wildman–Crippen LogP) is 1.79. The highest BCUT2D eigenvalue weighted by atomic mass is 32.2. The number of hydrogen-bond donors (Lipinski definition) is 1. The highest BCUT2D eigenvalue weighted by molar-refractivity contribution is 7.93. The van der Waals surface area contributed by atoms with Crippen LogP contribution in [0, 0.1) is 18.6 Å². The minimum atomic E-state index is -3.81. The lowest BCUT2D eigenvalue weighted by molar-refractivity contribution is -0.118. The van der Waals surface area contributed by atoms with E-state index in [1.54, 1.807) is 6.92 Å². The smallest absolute Gasteiger partial charge is 0.234 e. The summed E-state index contributed by atoms with van der Waals surface area (Å²) in [6.07, 6.45) is -0.404. The lowest BCUT2D eigenvalue weighted by Crippen LogP contribution is -2.55. The number of benzene rings is 1. The third-order valence-corrected chi connectivity index (χ3v) is 7.93. The van der Waals surface area contributed by atoms with Crippen molar-refractivity contribution in [1.82, 2.24) is 10.1 Å². The number of carbonyl (C=O) groups is 1. The number of aliphatic imine (C=N–C) groups is 1. The molecule has 0 aliphatic carbocycles. The molecule has 2 heterocycles. The molecule has 0 radical (unpaired) electrons. The highest BCUT2D eigenvalue weighted by Gasteiger charge is 2.49. The van der Waals surface area contributed by atoms with Crippen LogP contribution in [-0.4, -0.2) is 40.7 Å². The fraction of sp³-hybridized carbons (Fsp3) is 0.474. The highest BCUT2D eigenvalue weighted by Crippen LogP contribution is 2.38. The van der Waals surface area contributed by atoms with E-state index < -0.39 is 37.5 Å². The third-order valence-electron chi connectivity index (χ3n) is 5.22. The van der Waals surface area contributed by atoms with Gasteiger partial charge in [-0.15, -0.1) is 0 Å². The van der Waals surface area contributed by atoms with Crippen molar-refractivity contribution in [1.29, 1.82) is 0 Å². The van der Waals surface area contributed by atoms with Crippen LogP contribution in [0.3, 0.4) is 0 Å². The minimum Gasteiger partial charge on any atom is -0.386 e. The summed E-state index contributed by atoms with van der Waals surface area (Å²) in [5, 5.41) is 3.59. The van der Waals surface area contributed by atoms with Crippen molar-refractivity contribution < 1.29 is 26.5 Å². The number of aryl methyl sites for hydroxylation is 1. The summed E-state index contributed by atoms with van der Waals surface area (Å²) in [7, 11) is -3.81. The predicted molar refractivity (Wildman–Crippen MR) is 105 cm³/mol. The van der Waals surface area contributed by atoms with E-state index in [0.29, 0.717) is 5.82 Å². The summed E-state index contributed by atoms with van der Waals surface area (Å²) in [5.41, 5.74) is 4.13. The van der Waals surface area contributed by atoms with E-state index in [4.69, 9.17) is 10.3 Å². The lowest BCUT2D eigenvalue weighted by Gasteiger charge is -2.38. The number of sulfone groups is 1. The maximum absolute atomic E-state index is 14.7. The zero-order valence-corrected chi connectivity index (χ0v) is 17.8. The summed E-state index contributed by atoms with van der Waals surface area (Å²) in [6, 6.07) is 2.15. The normalized spacial score (nSPS) is 22.5. The van der Waals surface area contributed by atoms with Crippen molar-refractivity contribution in [2.75, 3.05) is 5.75 Å². The average molecular weight is 440 g/mol. The monoisotopic (exact) mass is 440 g/mol. The fourth-order valence-electron chi connectivity index (χ4n) is 3.29. The Morgan fingerprint density at radius 2 is 1.90 bits per heavy atom. The molecule has 0 saturated heterocycles. The van der Waals surface area contributed by atoms with Crippen LogP contribution in [0.2, 0.25) is 0 Å². The Balaban J connectivity index is 1.97. The number of ketones is 1. The molecule has 3 rings (SSSR count). The van der Waals surface area contributed by atoms with E-state index in [2.05, 4.69) is 15.1 Å². The van der Waals surface area contributed by atoms with Gasteiger partial charge in [0.05, 0.1) is 12.2 Å². The van der Waals surface area contributed by atoms with Gasteiger partial charge in [0.25, 0.3) is 0 Å². The first-order chi connectivity index (χ1) is 13.7. The second-order valence-corrected chi connectivity index (χ2v) is 10.6. The van der Waals surface area contributed by atoms with E-state index in [0.717, 1.165) is 6.07 Å². The number of rotatable bonds is 5. The van der Waals surface area contributed by atoms with Crippen molar-refractivity contribution in [2.45, 2.75) is 50.8 Å². The van der Waals surface area contributed by atoms with Crippen molar-refractivity contribution in [3.63, 3.8) is 0 Å². The van der Waals surface area contributed by atoms with E-state index in [-0.39, 0.29) is 41.5 Å². The standard InChI is InChI=1S/C19H22F2N4O4S/c1-10-23-15(29-25-10)8-12(26)5-11-6-13(16(21)14(20)7-11)19(4)9-30(27,28)18(2,3)17(22)24-19/h6-7H,5,8-9H2,1-4H3,(H2,22,24)/t19-/m0/s1. The van der Waals surface area contributed by atoms with E-state index >= 15 is 0 Å². The van der Waals surface area contributed by atoms with E-state index in [9.17, 15) is 22.0 Å². The molecule has 30 heavy (non-hydrogen) atoms. The van der Waals surface area contributed by atoms with Gasteiger partial charge in [0.15, 0.2) is 27.3 Å². The molecular weight excluding hydrogens is 418 g/mol. The van der Waals surface area contributed by atoms with Crippen LogP contribution in [-0.2, 0) is 33.0 Å². The summed E-state index contributed by atoms with van der Waals surface area (Å²) in [5.74, 6) is -3.05. The summed E-state index contributed by atoms with van der Waals surface area (Å²) in [6.45, 7) is 5.79. The molecule has 0 fully saturated rings. The molecular formula is C19H22F2N4O4S. The van der Waals surface area contributed by atoms with Gasteiger partial charge in [-0.25, -0.2) is 17.2 Å². The van der Waals surface area contributed by atoms with Crippen LogP contribution in [0.15, 0.2) is 21.6 Å². The zero-order valence-electron chi connectivity index (χ0n) is 17.0. The summed E-state index contributed by atoms with van der Waals surface area (Å²) in [4.78, 5) is 20.5. The van der Waals surface area contributed by atoms with Gasteiger partial charge in [0, 0.05) is 12.0 Å². The largest absolute Gasteiger partial charge is 0.386 e. The molecule has 0 unspecified atom stereocenters. The number of aromatic nitrogens is 2. The molecule has 0 spiro atoms. The van der Waals surface area contributed by atoms with Crippen LogP contribution in [0.5, 0.6) is 0 Å². The van der Waals surface area contributed by atoms with Gasteiger partial charge in [-0.1, -0.05) is 5.16 Å². The van der Waals surface area contributed by atoms with Gasteiger partial charge in [-0.2, -0.15) is 4.98 Å². The topological polar surface area (TPSA) is 129 Å². The molecule has 11 heteroatoms. The average Bonchev–Trinajstić information content (AvgIpc) is 3.00. The first-order valence-electron chi connectivity index (χ1n) is 9.12. The third kappa shape index (κ3) is 3.85. The van der Waals surface area contributed by atoms with Crippen LogP contribution in [0.1, 0.15) is 43.6 Å². The molecule has 1 atom stereocenters. The lowest BCUT2D eigenvalue weighted by atomic mass is 9.90. The quantitative estimate of drug-likeness (QED) is 0.750. The van der Waals surface area contributed by atoms with Gasteiger partial charge in [-0.05, 0) is 45.4 Å². The minimum absolute atomic E-state index is 0.116. The Hall–Kier alpha value is -2.69. The van der Waals surface area contributed by atoms with E-state index in [1.807, 2.05) is 0 Å². The van der Waals surface area contributed by atoms with Gasteiger partial charge in [-0.3, -0.25) is 9.79 Å². The Morgan fingerprint density at radius 1 is 1.23 bits per heavy atom. The number of nitrogens with zero attached hydrogens (tertiary/aromatic N) is 3. The SMILES string of the molecule is Cc1noc(CC(=O)Cc2cc(F)c(F)c([C@]3(C)CS(=O)(=O)C(C)(C)C(N)=N3)c2)n1. The van der Waals surface area contributed by atoms with Crippen LogP contribution < -0.4 is 5.73 Å². The molecule has 1 aliphatic rings. The maximum Gasteiger partial charge on any atom is 0.234 e. The Kier molecular flexibility index (Phi) is 5.30. The number of amidine groups is 1. The van der Waals surface area contributed by atoms with Crippen LogP contribution >= 0.6 is 0 Å². The maximum atomic E-state index is 14.7. The van der Waals surface area contributed by atoms with Crippen molar-refractivity contribution >= 4 is 21.5 Å². The number of carbonyl (C=O) groups excluding carboxylic acids is 1. The zero-order chi connectivity index (χ0) is 22.5. The molecule has 162 valence electrons. The van der Waals surface area contributed by atoms with Crippen molar-refractivity contribution in [2.24, 2.45) is 10.7 Å². The molecule has 0 saturated carbocycles. The van der Waals surface area contributed by atoms with Gasteiger partial charge < -0.3 is 10.3 Å². The molecule has 1 aliphatic heterocycles. The second kappa shape index (κ2) is 7.22. The fourth-order valence-corrected chi connectivity index (χ4v) is 4.98. The summed E-state index contributed by atoms with van der Waals surface area (Å²) < 4.78 is 57.9. The van der Waals surface area contributed by atoms with Gasteiger partial charge in [0.2, 0.25) is 5.89 Å². The second-order valence-electron chi connectivity index (χ2n) is 8.11. The molecule has 8 nitrogen and oxygen atoms in total. The number of halogens is 2.